The second-order valence-electron chi connectivity index (χ2n) is 5.78. The fraction of sp³-hybridized carbons (Fsp3) is 0.176. The fourth-order valence-corrected chi connectivity index (χ4v) is 2.77. The lowest BCUT2D eigenvalue weighted by Crippen LogP contribution is -2.17. The van der Waals surface area contributed by atoms with Crippen molar-refractivity contribution in [1.29, 1.82) is 0 Å². The van der Waals surface area contributed by atoms with Crippen molar-refractivity contribution in [3.05, 3.63) is 46.8 Å². The van der Waals surface area contributed by atoms with Crippen molar-refractivity contribution in [1.82, 2.24) is 4.57 Å². The van der Waals surface area contributed by atoms with Crippen molar-refractivity contribution >= 4 is 29.2 Å². The number of ether oxygens (including phenoxy) is 1. The minimum absolute atomic E-state index is 0.108. The zero-order valence-corrected chi connectivity index (χ0v) is 13.8. The highest BCUT2D eigenvalue weighted by molar-refractivity contribution is 6.35. The van der Waals surface area contributed by atoms with E-state index in [0.29, 0.717) is 11.4 Å². The van der Waals surface area contributed by atoms with Crippen LogP contribution < -0.4 is 15.8 Å². The predicted molar refractivity (Wildman–Crippen MR) is 88.3 cm³/mol. The first-order valence-electron chi connectivity index (χ1n) is 7.46. The summed E-state index contributed by atoms with van der Waals surface area (Å²) in [5.74, 6) is -1.62. The standard InChI is InChI=1S/C17H14F3N3O3/c1-8-5-12(15(21)24)14(23(8)2)7-11-10-6-9(26-17(18,19)20)3-4-13(10)22-16(11)25/h3-7H,1-2H3,(H2,21,24)(H,22,25). The van der Waals surface area contributed by atoms with Gasteiger partial charge in [0.05, 0.1) is 16.8 Å². The van der Waals surface area contributed by atoms with E-state index >= 15 is 0 Å². The Kier molecular flexibility index (Phi) is 4.02. The number of anilines is 1. The SMILES string of the molecule is Cc1cc(C(N)=O)c(C=C2C(=O)Nc3ccc(OC(F)(F)F)cc32)n1C. The Hall–Kier alpha value is -3.23. The molecule has 3 N–H and O–H groups in total. The summed E-state index contributed by atoms with van der Waals surface area (Å²) in [4.78, 5) is 23.9. The number of hydrogen-bond donors (Lipinski definition) is 2. The van der Waals surface area contributed by atoms with Gasteiger partial charge in [-0.2, -0.15) is 0 Å². The summed E-state index contributed by atoms with van der Waals surface area (Å²) in [5, 5.41) is 2.56. The minimum atomic E-state index is -4.84. The van der Waals surface area contributed by atoms with Gasteiger partial charge in [0.15, 0.2) is 0 Å². The van der Waals surface area contributed by atoms with Gasteiger partial charge >= 0.3 is 6.36 Å². The average molecular weight is 365 g/mol. The second-order valence-corrected chi connectivity index (χ2v) is 5.78. The molecule has 0 saturated carbocycles. The lowest BCUT2D eigenvalue weighted by Gasteiger charge is -2.10. The van der Waals surface area contributed by atoms with Crippen molar-refractivity contribution in [3.8, 4) is 5.75 Å². The number of benzene rings is 1. The molecular formula is C17H14F3N3O3. The number of nitrogens with one attached hydrogen (secondary N) is 1. The van der Waals surface area contributed by atoms with Crippen molar-refractivity contribution in [3.63, 3.8) is 0 Å². The molecule has 1 aliphatic rings. The maximum absolute atomic E-state index is 12.4. The molecule has 0 bridgehead atoms. The van der Waals surface area contributed by atoms with E-state index in [2.05, 4.69) is 10.1 Å². The van der Waals surface area contributed by atoms with Gasteiger partial charge in [0, 0.05) is 24.0 Å². The molecule has 0 unspecified atom stereocenters. The number of primary amides is 1. The van der Waals surface area contributed by atoms with Gasteiger partial charge in [0.2, 0.25) is 0 Å². The summed E-state index contributed by atoms with van der Waals surface area (Å²) < 4.78 is 42.9. The lowest BCUT2D eigenvalue weighted by molar-refractivity contribution is -0.274. The van der Waals surface area contributed by atoms with E-state index in [1.807, 2.05) is 0 Å². The normalized spacial score (nSPS) is 15.1. The molecular weight excluding hydrogens is 351 g/mol. The van der Waals surface area contributed by atoms with Crippen LogP contribution in [0.4, 0.5) is 18.9 Å². The quantitative estimate of drug-likeness (QED) is 0.820. The Bertz CT molecular complexity index is 958. The molecule has 2 heterocycles. The zero-order valence-electron chi connectivity index (χ0n) is 13.8. The molecule has 3 rings (SSSR count). The van der Waals surface area contributed by atoms with Crippen molar-refractivity contribution in [2.75, 3.05) is 5.32 Å². The number of fused-ring (bicyclic) bond motifs is 1. The number of halogens is 3. The number of nitrogens with two attached hydrogens (primary N) is 1. The largest absolute Gasteiger partial charge is 0.573 e. The average Bonchev–Trinajstić information content (AvgIpc) is 2.97. The third kappa shape index (κ3) is 3.15. The molecule has 0 spiro atoms. The van der Waals surface area contributed by atoms with Gasteiger partial charge in [-0.15, -0.1) is 13.2 Å². The molecule has 0 fully saturated rings. The second kappa shape index (κ2) is 5.94. The molecule has 0 radical (unpaired) electrons. The molecule has 26 heavy (non-hydrogen) atoms. The van der Waals surface area contributed by atoms with Gasteiger partial charge in [0.25, 0.3) is 11.8 Å². The number of nitrogens with zero attached hydrogens (tertiary/aromatic N) is 1. The molecule has 0 aliphatic carbocycles. The molecule has 0 saturated heterocycles. The third-order valence-corrected chi connectivity index (χ3v) is 4.07. The molecule has 1 aromatic carbocycles. The van der Waals surface area contributed by atoms with Gasteiger partial charge in [-0.3, -0.25) is 9.59 Å². The Balaban J connectivity index is 2.12. The Morgan fingerprint density at radius 1 is 1.31 bits per heavy atom. The van der Waals surface area contributed by atoms with E-state index in [1.54, 1.807) is 24.6 Å². The van der Waals surface area contributed by atoms with E-state index < -0.39 is 23.9 Å². The van der Waals surface area contributed by atoms with Gasteiger partial charge in [0.1, 0.15) is 5.75 Å². The molecule has 2 aromatic rings. The van der Waals surface area contributed by atoms with E-state index in [-0.39, 0.29) is 16.7 Å². The summed E-state index contributed by atoms with van der Waals surface area (Å²) in [6, 6.07) is 5.12. The Morgan fingerprint density at radius 3 is 2.62 bits per heavy atom. The van der Waals surface area contributed by atoms with E-state index in [4.69, 9.17) is 5.73 Å². The first-order valence-corrected chi connectivity index (χ1v) is 7.46. The number of rotatable bonds is 3. The highest BCUT2D eigenvalue weighted by Crippen LogP contribution is 2.37. The van der Waals surface area contributed by atoms with E-state index in [0.717, 1.165) is 17.8 Å². The van der Waals surface area contributed by atoms with E-state index in [9.17, 15) is 22.8 Å². The number of carbonyl (C=O) groups excluding carboxylic acids is 2. The summed E-state index contributed by atoms with van der Waals surface area (Å²) >= 11 is 0. The summed E-state index contributed by atoms with van der Waals surface area (Å²) in [5.41, 5.74) is 7.39. The summed E-state index contributed by atoms with van der Waals surface area (Å²) in [6.45, 7) is 1.76. The van der Waals surface area contributed by atoms with Crippen LogP contribution in [0.15, 0.2) is 24.3 Å². The van der Waals surface area contributed by atoms with Crippen molar-refractivity contribution in [2.45, 2.75) is 13.3 Å². The predicted octanol–water partition coefficient (Wildman–Crippen LogP) is 2.82. The number of amides is 2. The molecule has 9 heteroatoms. The fourth-order valence-electron chi connectivity index (χ4n) is 2.77. The van der Waals surface area contributed by atoms with Gasteiger partial charge in [-0.25, -0.2) is 0 Å². The first-order chi connectivity index (χ1) is 12.1. The maximum Gasteiger partial charge on any atom is 0.573 e. The van der Waals surface area contributed by atoms with Crippen LogP contribution in [-0.4, -0.2) is 22.7 Å². The Morgan fingerprint density at radius 2 is 2.00 bits per heavy atom. The molecule has 2 amide bonds. The molecule has 0 atom stereocenters. The molecule has 1 aromatic heterocycles. The van der Waals surface area contributed by atoms with Gasteiger partial charge in [-0.1, -0.05) is 0 Å². The summed E-state index contributed by atoms with van der Waals surface area (Å²) in [7, 11) is 1.69. The van der Waals surface area contributed by atoms with Crippen LogP contribution in [0.3, 0.4) is 0 Å². The van der Waals surface area contributed by atoms with Crippen molar-refractivity contribution < 1.29 is 27.5 Å². The summed E-state index contributed by atoms with van der Waals surface area (Å²) in [6.07, 6.45) is -3.42. The Labute approximate surface area is 146 Å². The number of alkyl halides is 3. The molecule has 6 nitrogen and oxygen atoms in total. The monoisotopic (exact) mass is 365 g/mol. The highest BCUT2D eigenvalue weighted by atomic mass is 19.4. The van der Waals surface area contributed by atoms with Crippen LogP contribution in [0.2, 0.25) is 0 Å². The van der Waals surface area contributed by atoms with Crippen LogP contribution in [0.1, 0.15) is 27.3 Å². The number of hydrogen-bond acceptors (Lipinski definition) is 3. The minimum Gasteiger partial charge on any atom is -0.406 e. The van der Waals surface area contributed by atoms with Crippen LogP contribution in [0.25, 0.3) is 11.6 Å². The number of aryl methyl sites for hydroxylation is 1. The van der Waals surface area contributed by atoms with Crippen LogP contribution in [-0.2, 0) is 11.8 Å². The molecule has 136 valence electrons. The first kappa shape index (κ1) is 17.6. The third-order valence-electron chi connectivity index (χ3n) is 4.07. The highest BCUT2D eigenvalue weighted by Gasteiger charge is 2.32. The number of carbonyl (C=O) groups is 2. The topological polar surface area (TPSA) is 86.3 Å². The number of aromatic nitrogens is 1. The van der Waals surface area contributed by atoms with Gasteiger partial charge < -0.3 is 20.4 Å². The lowest BCUT2D eigenvalue weighted by atomic mass is 10.0. The smallest absolute Gasteiger partial charge is 0.406 e. The maximum atomic E-state index is 12.4. The van der Waals surface area contributed by atoms with E-state index in [1.165, 1.54) is 12.1 Å². The van der Waals surface area contributed by atoms with Crippen molar-refractivity contribution in [2.24, 2.45) is 12.8 Å². The van der Waals surface area contributed by atoms with Crippen LogP contribution in [0.5, 0.6) is 5.75 Å². The van der Waals surface area contributed by atoms with Crippen LogP contribution >= 0.6 is 0 Å². The molecule has 1 aliphatic heterocycles. The van der Waals surface area contributed by atoms with Crippen LogP contribution in [0, 0.1) is 6.92 Å². The zero-order chi connectivity index (χ0) is 19.2. The van der Waals surface area contributed by atoms with Gasteiger partial charge in [-0.05, 0) is 37.3 Å².